The van der Waals surface area contributed by atoms with Crippen LogP contribution in [0, 0.1) is 23.8 Å². The van der Waals surface area contributed by atoms with Crippen LogP contribution in [0.3, 0.4) is 0 Å². The van der Waals surface area contributed by atoms with E-state index in [2.05, 4.69) is 42.3 Å². The lowest BCUT2D eigenvalue weighted by atomic mass is 10.1. The minimum atomic E-state index is -0.783. The number of rotatable bonds is 18. The lowest BCUT2D eigenvalue weighted by Crippen LogP contribution is -2.26. The fourth-order valence-corrected chi connectivity index (χ4v) is 7.03. The molecule has 4 rings (SSSR count). The van der Waals surface area contributed by atoms with Crippen LogP contribution in [0.15, 0.2) is 92.3 Å². The molecule has 11 nitrogen and oxygen atoms in total. The van der Waals surface area contributed by atoms with E-state index in [1.807, 2.05) is 42.5 Å². The number of fused-ring (bicyclic) bond motifs is 2. The van der Waals surface area contributed by atoms with Crippen LogP contribution in [0.4, 0.5) is 11.4 Å². The maximum atomic E-state index is 12.9. The molecule has 0 amide bonds. The fraction of sp³-hybridized carbons (Fsp3) is 0.371. The quantitative estimate of drug-likeness (QED) is 0.0315. The van der Waals surface area contributed by atoms with Crippen LogP contribution >= 0.6 is 23.5 Å². The summed E-state index contributed by atoms with van der Waals surface area (Å²) in [7, 11) is 0. The highest BCUT2D eigenvalue weighted by Crippen LogP contribution is 2.48. The first kappa shape index (κ1) is 36.6. The van der Waals surface area contributed by atoms with Crippen molar-refractivity contribution >= 4 is 46.8 Å². The van der Waals surface area contributed by atoms with E-state index >= 15 is 0 Å². The first-order chi connectivity index (χ1) is 23.4. The number of ether oxygens (including phenoxy) is 3. The van der Waals surface area contributed by atoms with Crippen molar-refractivity contribution in [2.45, 2.75) is 36.5 Å². The third kappa shape index (κ3) is 9.66. The monoisotopic (exact) mass is 690 g/mol. The Bertz CT molecular complexity index is 1610. The fourth-order valence-electron chi connectivity index (χ4n) is 4.70. The van der Waals surface area contributed by atoms with Gasteiger partial charge in [0, 0.05) is 22.4 Å². The molecule has 2 heterocycles. The van der Waals surface area contributed by atoms with E-state index in [0.717, 1.165) is 51.7 Å². The molecule has 0 spiro atoms. The largest absolute Gasteiger partial charge is 0.461 e. The molecule has 48 heavy (non-hydrogen) atoms. The standard InChI is InChI=1S/C35H38N4O7S2/c1-5-25(3)15-16-38-28-11-7-10-14-31(28)48-34(38)27(37-4)24-46-45-22-20-42-19-21-44-35(41)26(23-36)33-39(17-18-43-32(40)6-2)29-12-8-9-13-30(29)47-33/h6-14,25H,2,5,15-22,24H2,1,3H3/b33-26-,34-27+. The number of hydrogen-bond acceptors (Lipinski definition) is 12. The number of carbonyl (C=O) groups is 2. The van der Waals surface area contributed by atoms with E-state index in [4.69, 9.17) is 30.6 Å². The molecule has 0 saturated heterocycles. The van der Waals surface area contributed by atoms with Crippen LogP contribution < -0.4 is 9.80 Å². The molecule has 2 aliphatic heterocycles. The molecule has 2 aromatic rings. The zero-order valence-electron chi connectivity index (χ0n) is 27.0. The van der Waals surface area contributed by atoms with Gasteiger partial charge in [0.15, 0.2) is 5.57 Å². The number of thioether (sulfide) groups is 2. The van der Waals surface area contributed by atoms with Crippen molar-refractivity contribution in [1.29, 1.82) is 5.26 Å². The van der Waals surface area contributed by atoms with Gasteiger partial charge in [-0.3, -0.25) is 0 Å². The molecular weight excluding hydrogens is 653 g/mol. The SMILES string of the molecule is [C-]#[N+]/C(COOCCOCCOC(=O)/C(C#N)=C1\Sc2ccccc2N1CCOC(=O)C=C)=C1/Sc2ccccc2N1CCC(C)CC. The van der Waals surface area contributed by atoms with Crippen molar-refractivity contribution in [2.24, 2.45) is 5.92 Å². The number of nitriles is 1. The van der Waals surface area contributed by atoms with Gasteiger partial charge >= 0.3 is 11.9 Å². The Kier molecular flexibility index (Phi) is 14.4. The van der Waals surface area contributed by atoms with Gasteiger partial charge in [0.25, 0.3) is 0 Å². The highest BCUT2D eigenvalue weighted by Gasteiger charge is 2.31. The number of nitrogens with zero attached hydrogens (tertiary/aromatic N) is 4. The van der Waals surface area contributed by atoms with E-state index in [0.29, 0.717) is 16.6 Å². The van der Waals surface area contributed by atoms with Crippen molar-refractivity contribution < 1.29 is 33.6 Å². The van der Waals surface area contributed by atoms with Gasteiger partial charge in [-0.25, -0.2) is 24.2 Å². The lowest BCUT2D eigenvalue weighted by molar-refractivity contribution is -0.292. The molecular formula is C35H38N4O7S2. The molecule has 1 atom stereocenters. The molecule has 0 aliphatic carbocycles. The predicted molar refractivity (Wildman–Crippen MR) is 184 cm³/mol. The maximum Gasteiger partial charge on any atom is 0.351 e. The van der Waals surface area contributed by atoms with Gasteiger partial charge < -0.3 is 24.0 Å². The molecule has 252 valence electrons. The summed E-state index contributed by atoms with van der Waals surface area (Å²) in [4.78, 5) is 44.7. The molecule has 2 aromatic carbocycles. The second kappa shape index (κ2) is 18.9. The van der Waals surface area contributed by atoms with Crippen LogP contribution in [-0.2, 0) is 33.6 Å². The van der Waals surface area contributed by atoms with Gasteiger partial charge in [0.1, 0.15) is 37.5 Å². The number of carbonyl (C=O) groups excluding carboxylic acids is 2. The van der Waals surface area contributed by atoms with Crippen LogP contribution in [0.25, 0.3) is 4.85 Å². The topological polar surface area (TPSA) is 115 Å². The summed E-state index contributed by atoms with van der Waals surface area (Å²) in [6.07, 6.45) is 3.19. The predicted octanol–water partition coefficient (Wildman–Crippen LogP) is 6.71. The summed E-state index contributed by atoms with van der Waals surface area (Å²) in [5.41, 5.74) is 2.21. The summed E-state index contributed by atoms with van der Waals surface area (Å²) < 4.78 is 15.9. The molecule has 0 fully saturated rings. The average molecular weight is 691 g/mol. The van der Waals surface area contributed by atoms with Crippen LogP contribution in [-0.4, -0.2) is 64.7 Å². The van der Waals surface area contributed by atoms with E-state index in [-0.39, 0.29) is 51.8 Å². The number of para-hydroxylation sites is 2. The van der Waals surface area contributed by atoms with E-state index < -0.39 is 11.9 Å². The maximum absolute atomic E-state index is 12.9. The van der Waals surface area contributed by atoms with Gasteiger partial charge in [-0.15, -0.1) is 0 Å². The molecule has 1 unspecified atom stereocenters. The van der Waals surface area contributed by atoms with E-state index in [9.17, 15) is 14.9 Å². The first-order valence-corrected chi connectivity index (χ1v) is 17.2. The molecule has 13 heteroatoms. The normalized spacial score (nSPS) is 15.9. The van der Waals surface area contributed by atoms with E-state index in [1.165, 1.54) is 11.8 Å². The molecule has 0 bridgehead atoms. The van der Waals surface area contributed by atoms with Gasteiger partial charge in [-0.05, 0) is 36.6 Å². The molecule has 0 saturated carbocycles. The molecule has 2 aliphatic rings. The van der Waals surface area contributed by atoms with Crippen LogP contribution in [0.2, 0.25) is 0 Å². The zero-order chi connectivity index (χ0) is 34.3. The number of benzene rings is 2. The van der Waals surface area contributed by atoms with Gasteiger partial charge in [-0.1, -0.05) is 74.6 Å². The van der Waals surface area contributed by atoms with Gasteiger partial charge in [-0.2, -0.15) is 5.26 Å². The van der Waals surface area contributed by atoms with Crippen molar-refractivity contribution in [1.82, 2.24) is 0 Å². The number of esters is 2. The first-order valence-electron chi connectivity index (χ1n) is 15.5. The Balaban J connectivity index is 1.21. The lowest BCUT2D eigenvalue weighted by Gasteiger charge is -2.23. The van der Waals surface area contributed by atoms with Crippen molar-refractivity contribution in [2.75, 3.05) is 62.5 Å². The van der Waals surface area contributed by atoms with Crippen molar-refractivity contribution in [3.63, 3.8) is 0 Å². The summed E-state index contributed by atoms with van der Waals surface area (Å²) in [6.45, 7) is 16.9. The third-order valence-electron chi connectivity index (χ3n) is 7.45. The molecule has 0 N–H and O–H groups in total. The zero-order valence-corrected chi connectivity index (χ0v) is 28.6. The van der Waals surface area contributed by atoms with Crippen LogP contribution in [0.5, 0.6) is 0 Å². The average Bonchev–Trinajstić information content (AvgIpc) is 3.66. The van der Waals surface area contributed by atoms with Crippen LogP contribution in [0.1, 0.15) is 26.7 Å². The Morgan fingerprint density at radius 3 is 2.23 bits per heavy atom. The summed E-state index contributed by atoms with van der Waals surface area (Å²) in [6, 6.07) is 17.5. The highest BCUT2D eigenvalue weighted by atomic mass is 32.2. The van der Waals surface area contributed by atoms with Gasteiger partial charge in [0.05, 0.1) is 42.7 Å². The smallest absolute Gasteiger partial charge is 0.351 e. The summed E-state index contributed by atoms with van der Waals surface area (Å²) in [5, 5.41) is 11.1. The molecule has 0 aromatic heterocycles. The highest BCUT2D eigenvalue weighted by molar-refractivity contribution is 8.04. The summed E-state index contributed by atoms with van der Waals surface area (Å²) in [5.74, 6) is -0.763. The Morgan fingerprint density at radius 1 is 0.938 bits per heavy atom. The third-order valence-corrected chi connectivity index (χ3v) is 9.84. The number of anilines is 2. The minimum Gasteiger partial charge on any atom is -0.461 e. The van der Waals surface area contributed by atoms with Crippen molar-refractivity contribution in [3.8, 4) is 6.07 Å². The minimum absolute atomic E-state index is 0.00153. The molecule has 0 radical (unpaired) electrons. The second-order valence-electron chi connectivity index (χ2n) is 10.6. The Labute approximate surface area is 289 Å². The Hall–Kier alpha value is -4.24. The second-order valence-corrected chi connectivity index (χ2v) is 12.7. The summed E-state index contributed by atoms with van der Waals surface area (Å²) >= 11 is 2.84. The van der Waals surface area contributed by atoms with Crippen molar-refractivity contribution in [3.05, 3.63) is 93.9 Å². The van der Waals surface area contributed by atoms with Gasteiger partial charge in [0.2, 0.25) is 5.70 Å². The Morgan fingerprint density at radius 2 is 1.58 bits per heavy atom. The van der Waals surface area contributed by atoms with E-state index in [1.54, 1.807) is 16.7 Å². The number of hydrogen-bond donors (Lipinski definition) is 0.